The van der Waals surface area contributed by atoms with Crippen molar-refractivity contribution in [3.63, 3.8) is 0 Å². The Morgan fingerprint density at radius 3 is 2.59 bits per heavy atom. The average molecular weight is 402 g/mol. The lowest BCUT2D eigenvalue weighted by Crippen LogP contribution is -2.43. The highest BCUT2D eigenvalue weighted by atomic mass is 16.1. The van der Waals surface area contributed by atoms with E-state index in [2.05, 4.69) is 61.5 Å². The number of benzene rings is 1. The van der Waals surface area contributed by atoms with Crippen LogP contribution in [0.4, 0.5) is 5.69 Å². The molecule has 1 aliphatic rings. The number of fused-ring (bicyclic) bond motifs is 1. The first kappa shape index (κ1) is 23.2. The molecule has 0 saturated carbocycles. The molecule has 0 saturated heterocycles. The summed E-state index contributed by atoms with van der Waals surface area (Å²) in [4.78, 5) is 19.5. The highest BCUT2D eigenvalue weighted by molar-refractivity contribution is 5.94. The molecule has 0 aliphatic carbocycles. The molecule has 0 aromatic heterocycles. The third-order valence-corrected chi connectivity index (χ3v) is 5.50. The minimum absolute atomic E-state index is 0.0796. The first-order chi connectivity index (χ1) is 14.0. The van der Waals surface area contributed by atoms with Crippen molar-refractivity contribution in [2.24, 2.45) is 10.9 Å². The largest absolute Gasteiger partial charge is 0.357 e. The van der Waals surface area contributed by atoms with Gasteiger partial charge >= 0.3 is 0 Å². The van der Waals surface area contributed by atoms with E-state index in [9.17, 15) is 4.79 Å². The summed E-state index contributed by atoms with van der Waals surface area (Å²) in [6.07, 6.45) is 1.64. The second-order valence-electron chi connectivity index (χ2n) is 8.14. The van der Waals surface area contributed by atoms with Crippen LogP contribution in [-0.4, -0.2) is 55.5 Å². The Morgan fingerprint density at radius 2 is 1.93 bits per heavy atom. The lowest BCUT2D eigenvalue weighted by molar-refractivity contribution is -0.116. The van der Waals surface area contributed by atoms with Gasteiger partial charge in [-0.05, 0) is 44.0 Å². The molecule has 0 spiro atoms. The van der Waals surface area contributed by atoms with Crippen molar-refractivity contribution >= 4 is 17.6 Å². The summed E-state index contributed by atoms with van der Waals surface area (Å²) in [6, 6.07) is 8.51. The van der Waals surface area contributed by atoms with E-state index in [0.29, 0.717) is 24.9 Å². The molecule has 0 fully saturated rings. The highest BCUT2D eigenvalue weighted by Crippen LogP contribution is 2.31. The number of rotatable bonds is 10. The van der Waals surface area contributed by atoms with Crippen LogP contribution >= 0.6 is 0 Å². The van der Waals surface area contributed by atoms with Crippen molar-refractivity contribution in [1.82, 2.24) is 15.5 Å². The lowest BCUT2D eigenvalue weighted by Gasteiger charge is -2.30. The number of likely N-dealkylation sites (N-methyl/N-ethyl adjacent to an activating group) is 1. The standard InChI is InChI=1S/C23H39N5O/c1-6-24-23(26-16-19(13-17(4)5)28(7-2)8-3)25-15-18-14-22(29)27-21-12-10-9-11-20(18)21/h9-12,17-19H,6-8,13-16H2,1-5H3,(H,27,29)(H2,24,25,26). The molecule has 2 rings (SSSR count). The normalized spacial score (nSPS) is 17.8. The number of guanidine groups is 1. The fraction of sp³-hybridized carbons (Fsp3) is 0.652. The SMILES string of the molecule is CCNC(=NCC(CC(C)C)N(CC)CC)NCC1CC(=O)Nc2ccccc21. The monoisotopic (exact) mass is 401 g/mol. The fourth-order valence-electron chi connectivity index (χ4n) is 4.07. The second kappa shape index (κ2) is 11.8. The van der Waals surface area contributed by atoms with E-state index >= 15 is 0 Å². The summed E-state index contributed by atoms with van der Waals surface area (Å²) in [6.45, 7) is 15.4. The quantitative estimate of drug-likeness (QED) is 0.415. The molecule has 29 heavy (non-hydrogen) atoms. The molecule has 1 amide bonds. The first-order valence-electron chi connectivity index (χ1n) is 11.1. The van der Waals surface area contributed by atoms with E-state index in [1.807, 2.05) is 18.2 Å². The number of amides is 1. The van der Waals surface area contributed by atoms with Gasteiger partial charge in [0, 0.05) is 37.2 Å². The van der Waals surface area contributed by atoms with Crippen LogP contribution in [0.25, 0.3) is 0 Å². The zero-order valence-corrected chi connectivity index (χ0v) is 18.8. The Labute approximate surface area is 176 Å². The van der Waals surface area contributed by atoms with Crippen LogP contribution < -0.4 is 16.0 Å². The number of nitrogens with one attached hydrogen (secondary N) is 3. The summed E-state index contributed by atoms with van der Waals surface area (Å²) < 4.78 is 0. The van der Waals surface area contributed by atoms with Crippen LogP contribution in [0.1, 0.15) is 58.9 Å². The van der Waals surface area contributed by atoms with E-state index in [1.54, 1.807) is 0 Å². The van der Waals surface area contributed by atoms with Crippen LogP contribution in [0.3, 0.4) is 0 Å². The lowest BCUT2D eigenvalue weighted by atomic mass is 9.90. The maximum absolute atomic E-state index is 12.1. The summed E-state index contributed by atoms with van der Waals surface area (Å²) >= 11 is 0. The Balaban J connectivity index is 2.06. The van der Waals surface area contributed by atoms with E-state index in [4.69, 9.17) is 4.99 Å². The zero-order chi connectivity index (χ0) is 21.2. The number of hydrogen-bond donors (Lipinski definition) is 3. The van der Waals surface area contributed by atoms with Gasteiger partial charge in [-0.15, -0.1) is 0 Å². The molecule has 1 aromatic rings. The van der Waals surface area contributed by atoms with Gasteiger partial charge in [0.2, 0.25) is 5.91 Å². The zero-order valence-electron chi connectivity index (χ0n) is 18.8. The Kier molecular flexibility index (Phi) is 9.45. The number of nitrogens with zero attached hydrogens (tertiary/aromatic N) is 2. The van der Waals surface area contributed by atoms with Crippen LogP contribution in [0.2, 0.25) is 0 Å². The van der Waals surface area contributed by atoms with Crippen molar-refractivity contribution in [3.05, 3.63) is 29.8 Å². The average Bonchev–Trinajstić information content (AvgIpc) is 2.69. The van der Waals surface area contributed by atoms with Crippen molar-refractivity contribution < 1.29 is 4.79 Å². The Hall–Kier alpha value is -2.08. The summed E-state index contributed by atoms with van der Waals surface area (Å²) in [5.74, 6) is 1.70. The first-order valence-corrected chi connectivity index (χ1v) is 11.1. The van der Waals surface area contributed by atoms with Crippen LogP contribution in [0.15, 0.2) is 29.3 Å². The van der Waals surface area contributed by atoms with Crippen molar-refractivity contribution in [2.45, 2.75) is 59.4 Å². The molecule has 2 unspecified atom stereocenters. The molecular weight excluding hydrogens is 362 g/mol. The van der Waals surface area contributed by atoms with Gasteiger partial charge in [0.25, 0.3) is 0 Å². The fourth-order valence-corrected chi connectivity index (χ4v) is 4.07. The minimum atomic E-state index is 0.0796. The maximum atomic E-state index is 12.1. The van der Waals surface area contributed by atoms with Gasteiger partial charge in [0.1, 0.15) is 0 Å². The Bertz CT molecular complexity index is 669. The third kappa shape index (κ3) is 7.03. The number of carbonyl (C=O) groups is 1. The summed E-state index contributed by atoms with van der Waals surface area (Å²) in [5.41, 5.74) is 2.12. The minimum Gasteiger partial charge on any atom is -0.357 e. The molecule has 0 radical (unpaired) electrons. The van der Waals surface area contributed by atoms with Gasteiger partial charge in [-0.2, -0.15) is 0 Å². The topological polar surface area (TPSA) is 68.8 Å². The molecule has 1 aromatic carbocycles. The molecule has 162 valence electrons. The molecule has 0 bridgehead atoms. The third-order valence-electron chi connectivity index (χ3n) is 5.50. The molecule has 6 heteroatoms. The number of carbonyl (C=O) groups excluding carboxylic acids is 1. The molecule has 1 aliphatic heterocycles. The Morgan fingerprint density at radius 1 is 1.21 bits per heavy atom. The van der Waals surface area contributed by atoms with E-state index in [0.717, 1.165) is 44.2 Å². The summed E-state index contributed by atoms with van der Waals surface area (Å²) in [7, 11) is 0. The molecule has 6 nitrogen and oxygen atoms in total. The van der Waals surface area contributed by atoms with Crippen LogP contribution in [0, 0.1) is 5.92 Å². The van der Waals surface area contributed by atoms with Crippen LogP contribution in [0.5, 0.6) is 0 Å². The number of anilines is 1. The second-order valence-corrected chi connectivity index (χ2v) is 8.14. The van der Waals surface area contributed by atoms with E-state index in [-0.39, 0.29) is 11.8 Å². The predicted octanol–water partition coefficient (Wildman–Crippen LogP) is 3.42. The molecule has 3 N–H and O–H groups in total. The molecule has 1 heterocycles. The van der Waals surface area contributed by atoms with Crippen LogP contribution in [-0.2, 0) is 4.79 Å². The van der Waals surface area contributed by atoms with E-state index < -0.39 is 0 Å². The van der Waals surface area contributed by atoms with Gasteiger partial charge in [0.15, 0.2) is 5.96 Å². The molecule has 2 atom stereocenters. The highest BCUT2D eigenvalue weighted by Gasteiger charge is 2.25. The van der Waals surface area contributed by atoms with Gasteiger partial charge in [-0.1, -0.05) is 45.9 Å². The van der Waals surface area contributed by atoms with Gasteiger partial charge in [0.05, 0.1) is 6.54 Å². The van der Waals surface area contributed by atoms with Crippen molar-refractivity contribution in [1.29, 1.82) is 0 Å². The van der Waals surface area contributed by atoms with Gasteiger partial charge in [-0.3, -0.25) is 14.7 Å². The van der Waals surface area contributed by atoms with Gasteiger partial charge in [-0.25, -0.2) is 0 Å². The maximum Gasteiger partial charge on any atom is 0.225 e. The predicted molar refractivity (Wildman–Crippen MR) is 123 cm³/mol. The number of aliphatic imine (C=N–C) groups is 1. The van der Waals surface area contributed by atoms with Gasteiger partial charge < -0.3 is 16.0 Å². The van der Waals surface area contributed by atoms with Crippen molar-refractivity contribution in [3.8, 4) is 0 Å². The van der Waals surface area contributed by atoms with E-state index in [1.165, 1.54) is 5.56 Å². The molecular formula is C23H39N5O. The van der Waals surface area contributed by atoms with Crippen molar-refractivity contribution in [2.75, 3.05) is 38.0 Å². The summed E-state index contributed by atoms with van der Waals surface area (Å²) in [5, 5.41) is 9.80. The number of hydrogen-bond acceptors (Lipinski definition) is 3. The smallest absolute Gasteiger partial charge is 0.225 e. The number of para-hydroxylation sites is 1.